The third-order valence-electron chi connectivity index (χ3n) is 6.95. The Hall–Kier alpha value is -3.73. The van der Waals surface area contributed by atoms with E-state index in [4.69, 9.17) is 4.74 Å². The van der Waals surface area contributed by atoms with Gasteiger partial charge in [-0.25, -0.2) is 4.90 Å². The summed E-state index contributed by atoms with van der Waals surface area (Å²) in [5.41, 5.74) is 3.21. The molecule has 0 aromatic heterocycles. The van der Waals surface area contributed by atoms with Crippen molar-refractivity contribution < 1.29 is 19.1 Å². The first-order chi connectivity index (χ1) is 16.5. The molecule has 1 heterocycles. The predicted octanol–water partition coefficient (Wildman–Crippen LogP) is 5.54. The summed E-state index contributed by atoms with van der Waals surface area (Å²) in [6, 6.07) is 24.3. The van der Waals surface area contributed by atoms with E-state index in [9.17, 15) is 14.4 Å². The van der Waals surface area contributed by atoms with Crippen molar-refractivity contribution in [3.05, 3.63) is 84.4 Å². The molecule has 0 radical (unpaired) electrons. The number of anilines is 1. The van der Waals surface area contributed by atoms with Gasteiger partial charge >= 0.3 is 0 Å². The standard InChI is InChI=1S/C29H27NO4/c1-19-10-15-25-26(16-19)29(33)30(28(25)32)23-8-5-9-24(17-23)34-18-27(31)22-13-11-21(12-14-22)20-6-3-2-4-7-20/h2-9,11-14,17,19,25-26H,10,15-16,18H2,1H3/t19-,25-,26-/m1/s1. The van der Waals surface area contributed by atoms with Gasteiger partial charge in [0, 0.05) is 11.6 Å². The minimum absolute atomic E-state index is 0.117. The first-order valence-electron chi connectivity index (χ1n) is 11.8. The van der Waals surface area contributed by atoms with Gasteiger partial charge in [0.25, 0.3) is 0 Å². The van der Waals surface area contributed by atoms with Crippen LogP contribution in [0.4, 0.5) is 5.69 Å². The zero-order valence-electron chi connectivity index (χ0n) is 19.1. The molecule has 0 N–H and O–H groups in total. The van der Waals surface area contributed by atoms with E-state index in [0.29, 0.717) is 22.9 Å². The van der Waals surface area contributed by atoms with Crippen LogP contribution in [0.15, 0.2) is 78.9 Å². The Morgan fingerprint density at radius 2 is 1.56 bits per heavy atom. The largest absolute Gasteiger partial charge is 0.485 e. The van der Waals surface area contributed by atoms with E-state index >= 15 is 0 Å². The highest BCUT2D eigenvalue weighted by Crippen LogP contribution is 2.42. The fraction of sp³-hybridized carbons (Fsp3) is 0.276. The quantitative estimate of drug-likeness (QED) is 0.363. The van der Waals surface area contributed by atoms with Crippen molar-refractivity contribution in [2.75, 3.05) is 11.5 Å². The smallest absolute Gasteiger partial charge is 0.237 e. The highest BCUT2D eigenvalue weighted by molar-refractivity contribution is 6.22. The SMILES string of the molecule is C[C@@H]1CC[C@H]2C(=O)N(c3cccc(OCC(=O)c4ccc(-c5ccccc5)cc4)c3)C(=O)[C@@H]2C1. The lowest BCUT2D eigenvalue weighted by molar-refractivity contribution is -0.122. The zero-order chi connectivity index (χ0) is 23.7. The number of amides is 2. The molecular formula is C29H27NO4. The maximum absolute atomic E-state index is 13.0. The molecule has 3 aromatic carbocycles. The molecule has 1 aliphatic heterocycles. The molecule has 2 fully saturated rings. The van der Waals surface area contributed by atoms with Crippen molar-refractivity contribution in [2.24, 2.45) is 17.8 Å². The molecule has 5 rings (SSSR count). The normalized spacial score (nSPS) is 21.9. The summed E-state index contributed by atoms with van der Waals surface area (Å²) in [6.07, 6.45) is 2.51. The van der Waals surface area contributed by atoms with Crippen LogP contribution in [-0.4, -0.2) is 24.2 Å². The topological polar surface area (TPSA) is 63.7 Å². The molecule has 0 bridgehead atoms. The summed E-state index contributed by atoms with van der Waals surface area (Å²) in [4.78, 5) is 39.9. The van der Waals surface area contributed by atoms with Crippen molar-refractivity contribution in [2.45, 2.75) is 26.2 Å². The Bertz CT molecular complexity index is 1220. The predicted molar refractivity (Wildman–Crippen MR) is 131 cm³/mol. The van der Waals surface area contributed by atoms with E-state index < -0.39 is 0 Å². The summed E-state index contributed by atoms with van der Waals surface area (Å²) >= 11 is 0. The van der Waals surface area contributed by atoms with Crippen LogP contribution >= 0.6 is 0 Å². The van der Waals surface area contributed by atoms with Crippen molar-refractivity contribution in [1.29, 1.82) is 0 Å². The van der Waals surface area contributed by atoms with Gasteiger partial charge in [-0.3, -0.25) is 14.4 Å². The monoisotopic (exact) mass is 453 g/mol. The molecule has 1 saturated carbocycles. The van der Waals surface area contributed by atoms with E-state index in [1.165, 1.54) is 4.90 Å². The number of ether oxygens (including phenoxy) is 1. The van der Waals surface area contributed by atoms with Gasteiger partial charge in [-0.05, 0) is 48.4 Å². The van der Waals surface area contributed by atoms with Gasteiger partial charge in [0.1, 0.15) is 5.75 Å². The van der Waals surface area contributed by atoms with Gasteiger partial charge in [-0.1, -0.05) is 67.6 Å². The molecule has 172 valence electrons. The minimum Gasteiger partial charge on any atom is -0.485 e. The number of rotatable bonds is 6. The third kappa shape index (κ3) is 4.26. The number of carbonyl (C=O) groups is 3. The Balaban J connectivity index is 1.25. The molecule has 0 spiro atoms. The van der Waals surface area contributed by atoms with Crippen LogP contribution in [0.1, 0.15) is 36.5 Å². The van der Waals surface area contributed by atoms with Crippen molar-refractivity contribution in [1.82, 2.24) is 0 Å². The second-order valence-corrected chi connectivity index (χ2v) is 9.30. The average Bonchev–Trinajstić information content (AvgIpc) is 3.12. The Morgan fingerprint density at radius 3 is 2.32 bits per heavy atom. The summed E-state index contributed by atoms with van der Waals surface area (Å²) in [5.74, 6) is 0.103. The van der Waals surface area contributed by atoms with Gasteiger partial charge in [0.2, 0.25) is 11.8 Å². The van der Waals surface area contributed by atoms with Crippen LogP contribution in [0.25, 0.3) is 11.1 Å². The van der Waals surface area contributed by atoms with Gasteiger partial charge in [0.15, 0.2) is 12.4 Å². The molecular weight excluding hydrogens is 426 g/mol. The van der Waals surface area contributed by atoms with E-state index in [1.54, 1.807) is 36.4 Å². The number of Topliss-reactive ketones (excluding diaryl/α,β-unsaturated/α-hetero) is 1. The second kappa shape index (κ2) is 9.26. The number of hydrogen-bond donors (Lipinski definition) is 0. The second-order valence-electron chi connectivity index (χ2n) is 9.30. The molecule has 5 heteroatoms. The molecule has 0 unspecified atom stereocenters. The Kier molecular flexibility index (Phi) is 6.01. The summed E-state index contributed by atoms with van der Waals surface area (Å²) in [6.45, 7) is 2.01. The maximum Gasteiger partial charge on any atom is 0.237 e. The third-order valence-corrected chi connectivity index (χ3v) is 6.95. The molecule has 1 aliphatic carbocycles. The fourth-order valence-corrected chi connectivity index (χ4v) is 5.07. The van der Waals surface area contributed by atoms with Crippen LogP contribution in [0.3, 0.4) is 0 Å². The number of ketones is 1. The molecule has 3 atom stereocenters. The minimum atomic E-state index is -0.221. The number of hydrogen-bond acceptors (Lipinski definition) is 4. The maximum atomic E-state index is 13.0. The lowest BCUT2D eigenvalue weighted by atomic mass is 9.76. The average molecular weight is 454 g/mol. The highest BCUT2D eigenvalue weighted by atomic mass is 16.5. The van der Waals surface area contributed by atoms with E-state index in [-0.39, 0.29) is 36.0 Å². The molecule has 34 heavy (non-hydrogen) atoms. The van der Waals surface area contributed by atoms with Crippen molar-refractivity contribution in [3.63, 3.8) is 0 Å². The number of carbonyl (C=O) groups excluding carboxylic acids is 3. The molecule has 3 aromatic rings. The van der Waals surface area contributed by atoms with Gasteiger partial charge in [0.05, 0.1) is 17.5 Å². The van der Waals surface area contributed by atoms with Crippen LogP contribution in [0.5, 0.6) is 5.75 Å². The number of fused-ring (bicyclic) bond motifs is 1. The van der Waals surface area contributed by atoms with Gasteiger partial charge < -0.3 is 4.74 Å². The van der Waals surface area contributed by atoms with Gasteiger partial charge in [-0.15, -0.1) is 0 Å². The van der Waals surface area contributed by atoms with Crippen LogP contribution in [0.2, 0.25) is 0 Å². The first-order valence-corrected chi connectivity index (χ1v) is 11.8. The lowest BCUT2D eigenvalue weighted by Crippen LogP contribution is -2.30. The summed E-state index contributed by atoms with van der Waals surface area (Å²) in [5, 5.41) is 0. The van der Waals surface area contributed by atoms with E-state index in [1.807, 2.05) is 42.5 Å². The molecule has 1 saturated heterocycles. The zero-order valence-corrected chi connectivity index (χ0v) is 19.1. The van der Waals surface area contributed by atoms with Crippen molar-refractivity contribution in [3.8, 4) is 16.9 Å². The van der Waals surface area contributed by atoms with E-state index in [0.717, 1.165) is 30.4 Å². The highest BCUT2D eigenvalue weighted by Gasteiger charge is 2.50. The molecule has 2 amide bonds. The van der Waals surface area contributed by atoms with Crippen molar-refractivity contribution >= 4 is 23.3 Å². The van der Waals surface area contributed by atoms with Gasteiger partial charge in [-0.2, -0.15) is 0 Å². The Morgan fingerprint density at radius 1 is 0.853 bits per heavy atom. The number of nitrogens with zero attached hydrogens (tertiary/aromatic N) is 1. The fourth-order valence-electron chi connectivity index (χ4n) is 5.07. The molecule has 2 aliphatic rings. The lowest BCUT2D eigenvalue weighted by Gasteiger charge is -2.25. The number of imide groups is 1. The summed E-state index contributed by atoms with van der Waals surface area (Å²) < 4.78 is 5.74. The van der Waals surface area contributed by atoms with E-state index in [2.05, 4.69) is 6.92 Å². The Labute approximate surface area is 199 Å². The van der Waals surface area contributed by atoms with Crippen LogP contribution in [-0.2, 0) is 9.59 Å². The molecule has 5 nitrogen and oxygen atoms in total. The van der Waals surface area contributed by atoms with Crippen LogP contribution < -0.4 is 9.64 Å². The number of benzene rings is 3. The van der Waals surface area contributed by atoms with Crippen LogP contribution in [0, 0.1) is 17.8 Å². The summed E-state index contributed by atoms with van der Waals surface area (Å²) in [7, 11) is 0. The first kappa shape index (κ1) is 22.1.